The molecule has 0 spiro atoms. The fraction of sp³-hybridized carbons (Fsp3) is 0.833. The van der Waals surface area contributed by atoms with Crippen molar-refractivity contribution in [3.8, 4) is 0 Å². The van der Waals surface area contributed by atoms with Gasteiger partial charge in [0, 0.05) is 12.2 Å². The molecule has 0 aliphatic carbocycles. The van der Waals surface area contributed by atoms with Gasteiger partial charge in [-0.1, -0.05) is 11.8 Å². The van der Waals surface area contributed by atoms with Crippen molar-refractivity contribution in [3.63, 3.8) is 0 Å². The van der Waals surface area contributed by atoms with Gasteiger partial charge in [-0.25, -0.2) is 0 Å². The van der Waals surface area contributed by atoms with Crippen LogP contribution in [0.3, 0.4) is 0 Å². The molecule has 0 aromatic rings. The van der Waals surface area contributed by atoms with Crippen LogP contribution in [0.25, 0.3) is 0 Å². The third kappa shape index (κ3) is 5.73. The lowest BCUT2D eigenvalue weighted by Gasteiger charge is -2.18. The largest absolute Gasteiger partial charge is 0.453 e. The summed E-state index contributed by atoms with van der Waals surface area (Å²) in [7, 11) is 0. The molecule has 0 heterocycles. The molecule has 0 aliphatic rings. The molecule has 0 radical (unpaired) electrons. The second kappa shape index (κ2) is 6.06. The lowest BCUT2D eigenvalue weighted by molar-refractivity contribution is -0.284. The number of rotatable bonds is 4. The van der Waals surface area contributed by atoms with Gasteiger partial charge < -0.3 is 5.73 Å². The van der Waals surface area contributed by atoms with Gasteiger partial charge in [0.25, 0.3) is 0 Å². The van der Waals surface area contributed by atoms with Gasteiger partial charge in [0.1, 0.15) is 0 Å². The van der Waals surface area contributed by atoms with Crippen LogP contribution in [0.4, 0.5) is 22.0 Å². The molecule has 0 aliphatic heterocycles. The first-order valence-corrected chi connectivity index (χ1v) is 5.67. The van der Waals surface area contributed by atoms with Gasteiger partial charge in [0.05, 0.1) is 22.9 Å². The first-order valence-electron chi connectivity index (χ1n) is 3.72. The highest BCUT2D eigenvalue weighted by atomic mass is 127. The number of alkyl halides is 5. The first kappa shape index (κ1) is 15.2. The molecule has 0 atom stereocenters. The van der Waals surface area contributed by atoms with Crippen LogP contribution >= 0.6 is 34.6 Å². The Bertz CT molecular complexity index is 230. The van der Waals surface area contributed by atoms with Crippen LogP contribution in [-0.4, -0.2) is 23.0 Å². The van der Waals surface area contributed by atoms with Crippen molar-refractivity contribution in [2.24, 2.45) is 8.94 Å². The number of hydrogen-bond donors (Lipinski definition) is 1. The minimum atomic E-state index is -5.47. The van der Waals surface area contributed by atoms with Crippen molar-refractivity contribution in [1.82, 2.24) is 0 Å². The van der Waals surface area contributed by atoms with Crippen molar-refractivity contribution in [2.75, 3.05) is 5.75 Å². The standard InChI is InChI=1S/C6H8F5IN2S/c7-5(8,6(9,10)11)2-1-3-15-4(13)14-12/h1-3H2,(H2,13,14). The Morgan fingerprint density at radius 3 is 2.20 bits per heavy atom. The summed E-state index contributed by atoms with van der Waals surface area (Å²) in [5.41, 5.74) is 5.20. The van der Waals surface area contributed by atoms with Crippen LogP contribution in [-0.2, 0) is 0 Å². The molecular weight excluding hydrogens is 354 g/mol. The van der Waals surface area contributed by atoms with Gasteiger partial charge in [-0.15, -0.1) is 0 Å². The highest BCUT2D eigenvalue weighted by Crippen LogP contribution is 2.38. The average Bonchev–Trinajstić information content (AvgIpc) is 2.10. The van der Waals surface area contributed by atoms with E-state index in [2.05, 4.69) is 3.21 Å². The van der Waals surface area contributed by atoms with Crippen molar-refractivity contribution in [2.45, 2.75) is 24.9 Å². The van der Waals surface area contributed by atoms with Gasteiger partial charge >= 0.3 is 12.1 Å². The Balaban J connectivity index is 3.87. The number of amidine groups is 1. The molecule has 2 nitrogen and oxygen atoms in total. The Kier molecular flexibility index (Phi) is 6.14. The topological polar surface area (TPSA) is 38.4 Å². The molecule has 0 rings (SSSR count). The lowest BCUT2D eigenvalue weighted by Crippen LogP contribution is -2.36. The van der Waals surface area contributed by atoms with Crippen LogP contribution in [0, 0.1) is 0 Å². The summed E-state index contributed by atoms with van der Waals surface area (Å²) in [6.45, 7) is 0. The summed E-state index contributed by atoms with van der Waals surface area (Å²) in [6, 6.07) is 0. The lowest BCUT2D eigenvalue weighted by atomic mass is 10.2. The maximum atomic E-state index is 12.3. The summed E-state index contributed by atoms with van der Waals surface area (Å²) in [4.78, 5) is 0. The first-order chi connectivity index (χ1) is 6.70. The third-order valence-corrected chi connectivity index (χ3v) is 3.11. The van der Waals surface area contributed by atoms with E-state index in [9.17, 15) is 22.0 Å². The smallest absolute Gasteiger partial charge is 0.378 e. The van der Waals surface area contributed by atoms with E-state index in [4.69, 9.17) is 5.73 Å². The highest BCUT2D eigenvalue weighted by molar-refractivity contribution is 14.1. The molecule has 0 saturated heterocycles. The monoisotopic (exact) mass is 362 g/mol. The van der Waals surface area contributed by atoms with Gasteiger partial charge in [0.15, 0.2) is 5.17 Å². The minimum Gasteiger partial charge on any atom is -0.378 e. The van der Waals surface area contributed by atoms with Crippen molar-refractivity contribution in [3.05, 3.63) is 0 Å². The maximum absolute atomic E-state index is 12.3. The van der Waals surface area contributed by atoms with E-state index < -0.39 is 18.5 Å². The molecular formula is C6H8F5IN2S. The molecule has 0 amide bonds. The minimum absolute atomic E-state index is 0.0873. The molecule has 15 heavy (non-hydrogen) atoms. The zero-order valence-corrected chi connectivity index (χ0v) is 10.3. The van der Waals surface area contributed by atoms with Crippen LogP contribution in [0.15, 0.2) is 3.21 Å². The van der Waals surface area contributed by atoms with E-state index >= 15 is 0 Å². The molecule has 2 N–H and O–H groups in total. The molecule has 9 heteroatoms. The molecule has 0 aromatic heterocycles. The van der Waals surface area contributed by atoms with Gasteiger partial charge in [0.2, 0.25) is 0 Å². The summed E-state index contributed by atoms with van der Waals surface area (Å²) < 4.78 is 63.2. The van der Waals surface area contributed by atoms with Crippen LogP contribution in [0.5, 0.6) is 0 Å². The molecule has 0 aromatic carbocycles. The Morgan fingerprint density at radius 1 is 1.27 bits per heavy atom. The predicted molar refractivity (Wildman–Crippen MR) is 58.3 cm³/mol. The Hall–Kier alpha value is 0.200. The van der Waals surface area contributed by atoms with E-state index in [-0.39, 0.29) is 17.3 Å². The van der Waals surface area contributed by atoms with E-state index in [1.807, 2.05) is 0 Å². The van der Waals surface area contributed by atoms with Gasteiger partial charge in [-0.3, -0.25) is 0 Å². The fourth-order valence-corrected chi connectivity index (χ4v) is 1.60. The van der Waals surface area contributed by atoms with Crippen LogP contribution in [0.1, 0.15) is 12.8 Å². The zero-order chi connectivity index (χ0) is 12.1. The average molecular weight is 362 g/mol. The molecule has 0 saturated carbocycles. The van der Waals surface area contributed by atoms with Crippen molar-refractivity contribution >= 4 is 39.8 Å². The normalized spacial score (nSPS) is 14.4. The van der Waals surface area contributed by atoms with Crippen molar-refractivity contribution in [1.29, 1.82) is 0 Å². The summed E-state index contributed by atoms with van der Waals surface area (Å²) in [6.07, 6.45) is -6.97. The second-order valence-electron chi connectivity index (χ2n) is 2.58. The zero-order valence-electron chi connectivity index (χ0n) is 7.32. The van der Waals surface area contributed by atoms with Crippen molar-refractivity contribution < 1.29 is 22.0 Å². The summed E-state index contributed by atoms with van der Waals surface area (Å²) in [5, 5.41) is 0.158. The highest BCUT2D eigenvalue weighted by Gasteiger charge is 2.56. The number of nitrogens with two attached hydrogens (primary N) is 1. The van der Waals surface area contributed by atoms with E-state index in [1.54, 1.807) is 22.9 Å². The number of halogens is 6. The SMILES string of the molecule is N/C(=N/I)SCCCC(F)(F)C(F)(F)F. The number of thioether (sulfide) groups is 1. The van der Waals surface area contributed by atoms with E-state index in [0.29, 0.717) is 0 Å². The molecule has 0 unspecified atom stereocenters. The predicted octanol–water partition coefficient (Wildman–Crippen LogP) is 3.36. The fourth-order valence-electron chi connectivity index (χ4n) is 0.637. The molecule has 90 valence electrons. The quantitative estimate of drug-likeness (QED) is 0.274. The molecule has 0 fully saturated rings. The third-order valence-electron chi connectivity index (χ3n) is 1.38. The second-order valence-corrected chi connectivity index (χ2v) is 4.17. The Morgan fingerprint density at radius 2 is 1.80 bits per heavy atom. The summed E-state index contributed by atoms with van der Waals surface area (Å²) in [5.74, 6) is -4.53. The van der Waals surface area contributed by atoms with E-state index in [1.165, 1.54) is 0 Å². The summed E-state index contributed by atoms with van der Waals surface area (Å²) >= 11 is 2.56. The number of nitrogens with zero attached hydrogens (tertiary/aromatic N) is 1. The maximum Gasteiger partial charge on any atom is 0.453 e. The van der Waals surface area contributed by atoms with Crippen LogP contribution < -0.4 is 5.73 Å². The van der Waals surface area contributed by atoms with Gasteiger partial charge in [-0.2, -0.15) is 25.2 Å². The van der Waals surface area contributed by atoms with E-state index in [0.717, 1.165) is 11.8 Å². The molecule has 0 bridgehead atoms. The van der Waals surface area contributed by atoms with Crippen LogP contribution in [0.2, 0.25) is 0 Å². The van der Waals surface area contributed by atoms with Gasteiger partial charge in [-0.05, 0) is 6.42 Å². The number of hydrogen-bond acceptors (Lipinski definition) is 2. The Labute approximate surface area is 101 Å².